The number of carbonyl (C=O) groups is 1. The van der Waals surface area contributed by atoms with Gasteiger partial charge in [0.25, 0.3) is 0 Å². The molecule has 2 heterocycles. The van der Waals surface area contributed by atoms with Crippen LogP contribution in [0.5, 0.6) is 0 Å². The van der Waals surface area contributed by atoms with Crippen LogP contribution in [-0.2, 0) is 4.79 Å². The second kappa shape index (κ2) is 7.31. The zero-order valence-corrected chi connectivity index (χ0v) is 17.9. The van der Waals surface area contributed by atoms with Crippen molar-refractivity contribution >= 4 is 11.5 Å². The molecule has 0 amide bonds. The Morgan fingerprint density at radius 2 is 1.77 bits per heavy atom. The van der Waals surface area contributed by atoms with Gasteiger partial charge in [0.15, 0.2) is 5.76 Å². The predicted molar refractivity (Wildman–Crippen MR) is 115 cm³/mol. The number of Topliss-reactive ketones (excluding diaryl/α,β-unsaturated/α-hetero) is 1. The Hall–Kier alpha value is -3.08. The Kier molecular flexibility index (Phi) is 4.92. The average molecular weight is 404 g/mol. The van der Waals surface area contributed by atoms with E-state index in [9.17, 15) is 9.18 Å². The maximum absolute atomic E-state index is 13.6. The van der Waals surface area contributed by atoms with E-state index in [0.717, 1.165) is 39.2 Å². The van der Waals surface area contributed by atoms with Crippen molar-refractivity contribution in [3.8, 4) is 11.1 Å². The summed E-state index contributed by atoms with van der Waals surface area (Å²) in [5.74, 6) is 0.399. The van der Waals surface area contributed by atoms with Gasteiger partial charge in [-0.1, -0.05) is 44.1 Å². The Bertz CT molecular complexity index is 1150. The number of aromatic nitrogens is 1. The largest absolute Gasteiger partial charge is 0.358 e. The lowest BCUT2D eigenvalue weighted by Gasteiger charge is -2.19. The van der Waals surface area contributed by atoms with Crippen molar-refractivity contribution in [3.63, 3.8) is 0 Å². The molecule has 1 aromatic heterocycles. The first-order chi connectivity index (χ1) is 14.2. The van der Waals surface area contributed by atoms with E-state index in [-0.39, 0.29) is 18.0 Å². The Morgan fingerprint density at radius 1 is 1.07 bits per heavy atom. The van der Waals surface area contributed by atoms with Crippen LogP contribution in [-0.4, -0.2) is 16.7 Å². The van der Waals surface area contributed by atoms with E-state index in [0.29, 0.717) is 5.76 Å². The van der Waals surface area contributed by atoms with Crippen molar-refractivity contribution in [1.82, 2.24) is 5.16 Å². The average Bonchev–Trinajstić information content (AvgIpc) is 2.99. The van der Waals surface area contributed by atoms with Crippen LogP contribution in [0.1, 0.15) is 61.4 Å². The summed E-state index contributed by atoms with van der Waals surface area (Å²) in [6, 6.07) is 11.9. The van der Waals surface area contributed by atoms with Gasteiger partial charge < -0.3 is 4.52 Å². The second-order valence-corrected chi connectivity index (χ2v) is 8.88. The summed E-state index contributed by atoms with van der Waals surface area (Å²) in [4.78, 5) is 17.9. The Labute approximate surface area is 175 Å². The molecular weight excluding hydrogens is 379 g/mol. The molecule has 0 spiro atoms. The third-order valence-electron chi connectivity index (χ3n) is 5.59. The third kappa shape index (κ3) is 3.49. The number of nitrogens with zero attached hydrogens (tertiary/aromatic N) is 2. The van der Waals surface area contributed by atoms with Gasteiger partial charge in [-0.05, 0) is 49.2 Å². The zero-order valence-electron chi connectivity index (χ0n) is 17.9. The minimum Gasteiger partial charge on any atom is -0.358 e. The van der Waals surface area contributed by atoms with Crippen molar-refractivity contribution in [2.24, 2.45) is 10.4 Å². The number of carbonyl (C=O) groups excluding carboxylic acids is 1. The van der Waals surface area contributed by atoms with E-state index >= 15 is 0 Å². The van der Waals surface area contributed by atoms with Crippen molar-refractivity contribution in [2.75, 3.05) is 0 Å². The SMILES string of the molecule is Cc1cccc2c1C(c1ccc(F)cc1)=N[C@@H](CC(=O)C(C)(C)C)c1onc(C)c1-2. The molecule has 2 aromatic carbocycles. The molecule has 154 valence electrons. The molecule has 0 N–H and O–H groups in total. The van der Waals surface area contributed by atoms with Gasteiger partial charge in [-0.2, -0.15) is 0 Å². The highest BCUT2D eigenvalue weighted by molar-refractivity contribution is 6.18. The van der Waals surface area contributed by atoms with Crippen LogP contribution in [0.3, 0.4) is 0 Å². The molecule has 3 aromatic rings. The molecule has 1 atom stereocenters. The molecule has 0 fully saturated rings. The summed E-state index contributed by atoms with van der Waals surface area (Å²) in [6.07, 6.45) is 0.211. The van der Waals surface area contributed by atoms with Crippen molar-refractivity contribution in [2.45, 2.75) is 47.1 Å². The third-order valence-corrected chi connectivity index (χ3v) is 5.59. The number of benzene rings is 2. The number of hydrogen-bond donors (Lipinski definition) is 0. The molecule has 5 heteroatoms. The normalized spacial score (nSPS) is 15.8. The number of aryl methyl sites for hydroxylation is 2. The fourth-order valence-electron chi connectivity index (χ4n) is 3.86. The molecule has 1 aliphatic heterocycles. The Morgan fingerprint density at radius 3 is 2.43 bits per heavy atom. The van der Waals surface area contributed by atoms with Crippen molar-refractivity contribution in [1.29, 1.82) is 0 Å². The first kappa shape index (κ1) is 20.2. The van der Waals surface area contributed by atoms with Crippen LogP contribution in [0.4, 0.5) is 4.39 Å². The highest BCUT2D eigenvalue weighted by atomic mass is 19.1. The van der Waals surface area contributed by atoms with E-state index in [1.165, 1.54) is 12.1 Å². The summed E-state index contributed by atoms with van der Waals surface area (Å²) in [6.45, 7) is 9.65. The minimum atomic E-state index is -0.500. The maximum atomic E-state index is 13.6. The topological polar surface area (TPSA) is 55.5 Å². The monoisotopic (exact) mass is 404 g/mol. The molecule has 0 saturated heterocycles. The van der Waals surface area contributed by atoms with E-state index in [1.807, 2.05) is 52.8 Å². The first-order valence-corrected chi connectivity index (χ1v) is 10.1. The quantitative estimate of drug-likeness (QED) is 0.538. The minimum absolute atomic E-state index is 0.0948. The lowest BCUT2D eigenvalue weighted by molar-refractivity contribution is -0.126. The molecule has 0 aliphatic carbocycles. The summed E-state index contributed by atoms with van der Waals surface area (Å²) in [7, 11) is 0. The molecule has 0 unspecified atom stereocenters. The number of ketones is 1. The number of fused-ring (bicyclic) bond motifs is 3. The van der Waals surface area contributed by atoms with Gasteiger partial charge in [0.1, 0.15) is 17.6 Å². The van der Waals surface area contributed by atoms with Gasteiger partial charge in [0, 0.05) is 23.0 Å². The van der Waals surface area contributed by atoms with Gasteiger partial charge in [-0.15, -0.1) is 0 Å². The van der Waals surface area contributed by atoms with Crippen LogP contribution in [0, 0.1) is 25.1 Å². The lowest BCUT2D eigenvalue weighted by Crippen LogP contribution is -2.22. The van der Waals surface area contributed by atoms with Crippen molar-refractivity contribution in [3.05, 3.63) is 76.4 Å². The lowest BCUT2D eigenvalue weighted by atomic mass is 9.86. The smallest absolute Gasteiger partial charge is 0.169 e. The maximum Gasteiger partial charge on any atom is 0.169 e. The van der Waals surface area contributed by atoms with Gasteiger partial charge in [-0.25, -0.2) is 4.39 Å². The molecule has 30 heavy (non-hydrogen) atoms. The van der Waals surface area contributed by atoms with Gasteiger partial charge in [-0.3, -0.25) is 9.79 Å². The van der Waals surface area contributed by atoms with Crippen LogP contribution in [0.15, 0.2) is 52.0 Å². The highest BCUT2D eigenvalue weighted by Gasteiger charge is 2.34. The highest BCUT2D eigenvalue weighted by Crippen LogP contribution is 2.42. The zero-order chi connectivity index (χ0) is 21.6. The summed E-state index contributed by atoms with van der Waals surface area (Å²) < 4.78 is 19.3. The predicted octanol–water partition coefficient (Wildman–Crippen LogP) is 5.99. The summed E-state index contributed by atoms with van der Waals surface area (Å²) in [5.41, 5.74) is 5.68. The van der Waals surface area contributed by atoms with E-state index in [1.54, 1.807) is 12.1 Å². The number of halogens is 1. The molecular formula is C25H25FN2O2. The second-order valence-electron chi connectivity index (χ2n) is 8.88. The summed E-state index contributed by atoms with van der Waals surface area (Å²) >= 11 is 0. The van der Waals surface area contributed by atoms with Crippen LogP contribution >= 0.6 is 0 Å². The van der Waals surface area contributed by atoms with Crippen LogP contribution in [0.25, 0.3) is 11.1 Å². The first-order valence-electron chi connectivity index (χ1n) is 10.1. The van der Waals surface area contributed by atoms with Gasteiger partial charge in [0.2, 0.25) is 0 Å². The molecule has 0 bridgehead atoms. The fraction of sp³-hybridized carbons (Fsp3) is 0.320. The molecule has 0 radical (unpaired) electrons. The fourth-order valence-corrected chi connectivity index (χ4v) is 3.86. The van der Waals surface area contributed by atoms with E-state index in [4.69, 9.17) is 9.52 Å². The van der Waals surface area contributed by atoms with Crippen LogP contribution < -0.4 is 0 Å². The molecule has 0 saturated carbocycles. The molecule has 4 rings (SSSR count). The van der Waals surface area contributed by atoms with Gasteiger partial charge in [0.05, 0.1) is 17.0 Å². The Balaban J connectivity index is 1.98. The number of aliphatic imine (C=N–C) groups is 1. The molecule has 4 nitrogen and oxygen atoms in total. The van der Waals surface area contributed by atoms with E-state index < -0.39 is 11.5 Å². The van der Waals surface area contributed by atoms with Gasteiger partial charge >= 0.3 is 0 Å². The standard InChI is InChI=1S/C25H25FN2O2/c1-14-7-6-8-18-21(14)23(16-9-11-17(26)12-10-16)27-19(13-20(29)25(3,4)5)24-22(18)15(2)28-30-24/h6-12,19H,13H2,1-5H3/t19-/m0/s1. The van der Waals surface area contributed by atoms with Crippen LogP contribution in [0.2, 0.25) is 0 Å². The number of rotatable bonds is 3. The number of hydrogen-bond acceptors (Lipinski definition) is 4. The van der Waals surface area contributed by atoms with E-state index in [2.05, 4.69) is 5.16 Å². The van der Waals surface area contributed by atoms with Crippen molar-refractivity contribution < 1.29 is 13.7 Å². The molecule has 1 aliphatic rings. The summed E-state index contributed by atoms with van der Waals surface area (Å²) in [5, 5.41) is 4.19.